The Morgan fingerprint density at radius 2 is 1.69 bits per heavy atom. The molecule has 0 atom stereocenters. The van der Waals surface area contributed by atoms with Crippen molar-refractivity contribution < 1.29 is 9.53 Å². The molecular weight excluding hydrogens is 438 g/mol. The summed E-state index contributed by atoms with van der Waals surface area (Å²) in [5.41, 5.74) is 6.27. The van der Waals surface area contributed by atoms with Crippen LogP contribution in [0.1, 0.15) is 40.0 Å². The summed E-state index contributed by atoms with van der Waals surface area (Å²) in [7, 11) is 1.54. The lowest BCUT2D eigenvalue weighted by atomic mass is 9.99. The number of likely N-dealkylation sites (tertiary alicyclic amines) is 1. The number of fused-ring (bicyclic) bond motifs is 1. The maximum atomic E-state index is 13.4. The van der Waals surface area contributed by atoms with Gasteiger partial charge in [0.2, 0.25) is 0 Å². The van der Waals surface area contributed by atoms with Crippen LogP contribution in [0.25, 0.3) is 11.1 Å². The Hall–Kier alpha value is -3.38. The second kappa shape index (κ2) is 10.1. The Morgan fingerprint density at radius 3 is 2.40 bits per heavy atom. The minimum atomic E-state index is -0.0979. The Balaban J connectivity index is 1.35. The van der Waals surface area contributed by atoms with Crippen LogP contribution < -0.4 is 10.3 Å². The third-order valence-electron chi connectivity index (χ3n) is 7.33. The molecule has 0 radical (unpaired) electrons. The number of aromatic nitrogens is 1. The third kappa shape index (κ3) is 4.76. The van der Waals surface area contributed by atoms with E-state index < -0.39 is 0 Å². The van der Waals surface area contributed by atoms with Gasteiger partial charge >= 0.3 is 0 Å². The summed E-state index contributed by atoms with van der Waals surface area (Å²) in [5, 5.41) is 0. The number of rotatable bonds is 5. The van der Waals surface area contributed by atoms with Gasteiger partial charge in [0.25, 0.3) is 11.5 Å². The number of aryl methyl sites for hydroxylation is 1. The molecular formula is C29H33N3O3. The molecule has 6 heteroatoms. The van der Waals surface area contributed by atoms with E-state index in [9.17, 15) is 9.59 Å². The summed E-state index contributed by atoms with van der Waals surface area (Å²) in [5.74, 6) is 0.390. The van der Waals surface area contributed by atoms with E-state index in [1.165, 1.54) is 35.4 Å². The van der Waals surface area contributed by atoms with Crippen LogP contribution in [0.4, 0.5) is 0 Å². The highest BCUT2D eigenvalue weighted by molar-refractivity contribution is 5.98. The van der Waals surface area contributed by atoms with Crippen LogP contribution in [-0.4, -0.2) is 53.6 Å². The fourth-order valence-corrected chi connectivity index (χ4v) is 5.37. The average molecular weight is 472 g/mol. The molecule has 35 heavy (non-hydrogen) atoms. The standard InChI is InChI=1S/C29H33N3O3/c1-21-7-3-4-8-24(21)23-11-9-22(10-12-23)20-30-16-13-25-28(29(34)31-14-5-6-15-31)26(35-2)19-27(33)32(25)18-17-30/h3-4,7-12,19H,5-6,13-18,20H2,1-2H3. The van der Waals surface area contributed by atoms with Crippen molar-refractivity contribution in [2.45, 2.75) is 39.3 Å². The Labute approximate surface area is 206 Å². The number of hydrogen-bond acceptors (Lipinski definition) is 4. The molecule has 6 nitrogen and oxygen atoms in total. The molecule has 5 rings (SSSR count). The zero-order chi connectivity index (χ0) is 24.4. The summed E-state index contributed by atoms with van der Waals surface area (Å²) in [6, 6.07) is 18.7. The van der Waals surface area contributed by atoms with Gasteiger partial charge in [-0.15, -0.1) is 0 Å². The average Bonchev–Trinajstić information content (AvgIpc) is 3.33. The number of benzene rings is 2. The highest BCUT2D eigenvalue weighted by Gasteiger charge is 2.29. The van der Waals surface area contributed by atoms with E-state index in [1.807, 2.05) is 4.90 Å². The fraction of sp³-hybridized carbons (Fsp3) is 0.379. The van der Waals surface area contributed by atoms with Gasteiger partial charge in [0, 0.05) is 57.4 Å². The van der Waals surface area contributed by atoms with Crippen LogP contribution in [0.3, 0.4) is 0 Å². The van der Waals surface area contributed by atoms with Gasteiger partial charge in [0.05, 0.1) is 7.11 Å². The number of carbonyl (C=O) groups excluding carboxylic acids is 1. The van der Waals surface area contributed by atoms with Crippen molar-refractivity contribution in [1.82, 2.24) is 14.4 Å². The Morgan fingerprint density at radius 1 is 0.943 bits per heavy atom. The summed E-state index contributed by atoms with van der Waals surface area (Å²) in [4.78, 5) is 30.5. The van der Waals surface area contributed by atoms with Gasteiger partial charge in [-0.05, 0) is 42.0 Å². The van der Waals surface area contributed by atoms with Gasteiger partial charge in [-0.2, -0.15) is 0 Å². The fourth-order valence-electron chi connectivity index (χ4n) is 5.37. The van der Waals surface area contributed by atoms with Crippen LogP contribution in [0.5, 0.6) is 5.75 Å². The number of ether oxygens (including phenoxy) is 1. The van der Waals surface area contributed by atoms with E-state index in [2.05, 4.69) is 60.4 Å². The number of pyridine rings is 1. The molecule has 2 aliphatic heterocycles. The maximum Gasteiger partial charge on any atom is 0.259 e. The second-order valence-corrected chi connectivity index (χ2v) is 9.56. The lowest BCUT2D eigenvalue weighted by Gasteiger charge is -2.21. The Kier molecular flexibility index (Phi) is 6.73. The molecule has 1 amide bonds. The molecule has 3 aromatic rings. The smallest absolute Gasteiger partial charge is 0.259 e. The molecule has 0 spiro atoms. The van der Waals surface area contributed by atoms with E-state index in [4.69, 9.17) is 4.74 Å². The first-order valence-corrected chi connectivity index (χ1v) is 12.5. The first-order chi connectivity index (χ1) is 17.0. The van der Waals surface area contributed by atoms with Crippen LogP contribution >= 0.6 is 0 Å². The minimum absolute atomic E-state index is 0.0108. The quantitative estimate of drug-likeness (QED) is 0.562. The van der Waals surface area contributed by atoms with Crippen molar-refractivity contribution in [3.63, 3.8) is 0 Å². The largest absolute Gasteiger partial charge is 0.496 e. The van der Waals surface area contributed by atoms with E-state index in [0.717, 1.165) is 51.3 Å². The van der Waals surface area contributed by atoms with Gasteiger partial charge in [-0.3, -0.25) is 14.5 Å². The topological polar surface area (TPSA) is 54.8 Å². The van der Waals surface area contributed by atoms with Crippen molar-refractivity contribution in [1.29, 1.82) is 0 Å². The first-order valence-electron chi connectivity index (χ1n) is 12.5. The summed E-state index contributed by atoms with van der Waals surface area (Å²) in [6.07, 6.45) is 2.70. The van der Waals surface area contributed by atoms with Crippen molar-refractivity contribution in [2.24, 2.45) is 0 Å². The van der Waals surface area contributed by atoms with E-state index >= 15 is 0 Å². The molecule has 2 aliphatic rings. The van der Waals surface area contributed by atoms with Crippen LogP contribution in [0.15, 0.2) is 59.4 Å². The van der Waals surface area contributed by atoms with E-state index in [0.29, 0.717) is 24.3 Å². The van der Waals surface area contributed by atoms with Crippen molar-refractivity contribution >= 4 is 5.91 Å². The minimum Gasteiger partial charge on any atom is -0.496 e. The molecule has 182 valence electrons. The second-order valence-electron chi connectivity index (χ2n) is 9.56. The third-order valence-corrected chi connectivity index (χ3v) is 7.33. The van der Waals surface area contributed by atoms with Crippen LogP contribution in [-0.2, 0) is 19.5 Å². The first kappa shape index (κ1) is 23.4. The highest BCUT2D eigenvalue weighted by Crippen LogP contribution is 2.27. The van der Waals surface area contributed by atoms with Crippen LogP contribution in [0.2, 0.25) is 0 Å². The molecule has 2 aromatic carbocycles. The molecule has 1 saturated heterocycles. The highest BCUT2D eigenvalue weighted by atomic mass is 16.5. The number of nitrogens with zero attached hydrogens (tertiary/aromatic N) is 3. The molecule has 0 bridgehead atoms. The van der Waals surface area contributed by atoms with Gasteiger partial charge in [0.15, 0.2) is 0 Å². The molecule has 0 unspecified atom stereocenters. The molecule has 0 N–H and O–H groups in total. The predicted molar refractivity (Wildman–Crippen MR) is 138 cm³/mol. The molecule has 0 saturated carbocycles. The van der Waals surface area contributed by atoms with Crippen molar-refractivity contribution in [2.75, 3.05) is 33.3 Å². The molecule has 0 aliphatic carbocycles. The number of methoxy groups -OCH3 is 1. The molecule has 3 heterocycles. The summed E-state index contributed by atoms with van der Waals surface area (Å²) < 4.78 is 7.30. The number of amides is 1. The van der Waals surface area contributed by atoms with E-state index in [1.54, 1.807) is 4.57 Å². The van der Waals surface area contributed by atoms with Gasteiger partial charge in [-0.25, -0.2) is 0 Å². The summed E-state index contributed by atoms with van der Waals surface area (Å²) in [6.45, 7) is 6.60. The van der Waals surface area contributed by atoms with Gasteiger partial charge < -0.3 is 14.2 Å². The van der Waals surface area contributed by atoms with E-state index in [-0.39, 0.29) is 11.5 Å². The van der Waals surface area contributed by atoms with Crippen molar-refractivity contribution in [3.8, 4) is 16.9 Å². The number of carbonyl (C=O) groups is 1. The number of hydrogen-bond donors (Lipinski definition) is 0. The normalized spacial score (nSPS) is 16.1. The SMILES string of the molecule is COc1cc(=O)n2c(c1C(=O)N1CCCC1)CCN(Cc1ccc(-c3ccccc3C)cc1)CC2. The monoisotopic (exact) mass is 471 g/mol. The lowest BCUT2D eigenvalue weighted by Crippen LogP contribution is -2.33. The Bertz CT molecular complexity index is 1270. The van der Waals surface area contributed by atoms with Gasteiger partial charge in [0.1, 0.15) is 11.3 Å². The molecule has 1 fully saturated rings. The van der Waals surface area contributed by atoms with Crippen LogP contribution in [0, 0.1) is 6.92 Å². The zero-order valence-corrected chi connectivity index (χ0v) is 20.6. The van der Waals surface area contributed by atoms with Gasteiger partial charge in [-0.1, -0.05) is 48.5 Å². The summed E-state index contributed by atoms with van der Waals surface area (Å²) >= 11 is 0. The molecule has 1 aromatic heterocycles. The zero-order valence-electron chi connectivity index (χ0n) is 20.6. The predicted octanol–water partition coefficient (Wildman–Crippen LogP) is 4.13. The van der Waals surface area contributed by atoms with Crippen molar-refractivity contribution in [3.05, 3.63) is 87.3 Å². The lowest BCUT2D eigenvalue weighted by molar-refractivity contribution is 0.0787. The maximum absolute atomic E-state index is 13.4.